The van der Waals surface area contributed by atoms with Crippen molar-refractivity contribution >= 4 is 0 Å². The Kier molecular flexibility index (Phi) is 2.34. The summed E-state index contributed by atoms with van der Waals surface area (Å²) in [5, 5.41) is 0. The van der Waals surface area contributed by atoms with Crippen molar-refractivity contribution < 1.29 is 0 Å². The number of nitrogens with zero attached hydrogens (tertiary/aromatic N) is 2. The average Bonchev–Trinajstić information content (AvgIpc) is 2.77. The van der Waals surface area contributed by atoms with E-state index in [1.54, 1.807) is 0 Å². The molecule has 0 radical (unpaired) electrons. The Morgan fingerprint density at radius 2 is 2.00 bits per heavy atom. The van der Waals surface area contributed by atoms with Crippen molar-refractivity contribution in [3.8, 4) is 0 Å². The Hall–Kier alpha value is -0.120. The summed E-state index contributed by atoms with van der Waals surface area (Å²) in [7, 11) is 4.24. The lowest BCUT2D eigenvalue weighted by Gasteiger charge is -2.48. The SMILES string of the molecule is CN(C)CCN1CC(N)(C2CC2)C1. The van der Waals surface area contributed by atoms with Crippen molar-refractivity contribution in [1.82, 2.24) is 9.80 Å². The highest BCUT2D eigenvalue weighted by Gasteiger charge is 2.49. The molecule has 2 rings (SSSR count). The van der Waals surface area contributed by atoms with Crippen LogP contribution < -0.4 is 5.73 Å². The second-order valence-electron chi connectivity index (χ2n) is 5.02. The third-order valence-electron chi connectivity index (χ3n) is 3.29. The molecule has 2 N–H and O–H groups in total. The van der Waals surface area contributed by atoms with Crippen LogP contribution in [0, 0.1) is 5.92 Å². The van der Waals surface area contributed by atoms with E-state index in [0.717, 1.165) is 25.6 Å². The van der Waals surface area contributed by atoms with Crippen LogP contribution >= 0.6 is 0 Å². The first-order valence-electron chi connectivity index (χ1n) is 5.26. The zero-order valence-corrected chi connectivity index (χ0v) is 8.79. The third-order valence-corrected chi connectivity index (χ3v) is 3.29. The van der Waals surface area contributed by atoms with Gasteiger partial charge in [0.05, 0.1) is 0 Å². The van der Waals surface area contributed by atoms with Crippen LogP contribution in [0.3, 0.4) is 0 Å². The van der Waals surface area contributed by atoms with E-state index in [-0.39, 0.29) is 5.54 Å². The maximum atomic E-state index is 6.25. The highest BCUT2D eigenvalue weighted by molar-refractivity contribution is 5.08. The summed E-state index contributed by atoms with van der Waals surface area (Å²) >= 11 is 0. The van der Waals surface area contributed by atoms with Gasteiger partial charge in [0.25, 0.3) is 0 Å². The van der Waals surface area contributed by atoms with E-state index in [1.807, 2.05) is 0 Å². The van der Waals surface area contributed by atoms with Gasteiger partial charge < -0.3 is 10.6 Å². The summed E-state index contributed by atoms with van der Waals surface area (Å²) < 4.78 is 0. The molecule has 76 valence electrons. The Morgan fingerprint density at radius 1 is 1.38 bits per heavy atom. The fourth-order valence-corrected chi connectivity index (χ4v) is 2.20. The predicted octanol–water partition coefficient (Wildman–Crippen LogP) is -0.0289. The zero-order chi connectivity index (χ0) is 9.47. The summed E-state index contributed by atoms with van der Waals surface area (Å²) in [5.41, 5.74) is 6.45. The van der Waals surface area contributed by atoms with Gasteiger partial charge in [-0.1, -0.05) is 0 Å². The summed E-state index contributed by atoms with van der Waals surface area (Å²) in [5.74, 6) is 0.850. The maximum absolute atomic E-state index is 6.25. The largest absolute Gasteiger partial charge is 0.323 e. The van der Waals surface area contributed by atoms with Crippen molar-refractivity contribution in [3.05, 3.63) is 0 Å². The van der Waals surface area contributed by atoms with Crippen molar-refractivity contribution in [2.24, 2.45) is 11.7 Å². The van der Waals surface area contributed by atoms with Gasteiger partial charge in [-0.3, -0.25) is 4.90 Å². The van der Waals surface area contributed by atoms with Crippen molar-refractivity contribution in [2.45, 2.75) is 18.4 Å². The van der Waals surface area contributed by atoms with Crippen LogP contribution in [0.2, 0.25) is 0 Å². The Balaban J connectivity index is 1.66. The van der Waals surface area contributed by atoms with E-state index in [0.29, 0.717) is 0 Å². The van der Waals surface area contributed by atoms with Gasteiger partial charge >= 0.3 is 0 Å². The van der Waals surface area contributed by atoms with Crippen LogP contribution in [0.25, 0.3) is 0 Å². The van der Waals surface area contributed by atoms with Gasteiger partial charge in [0, 0.05) is 31.7 Å². The molecule has 2 aliphatic rings. The molecular weight excluding hydrogens is 162 g/mol. The van der Waals surface area contributed by atoms with Gasteiger partial charge in [-0.25, -0.2) is 0 Å². The smallest absolute Gasteiger partial charge is 0.0440 e. The molecule has 0 aromatic rings. The standard InChI is InChI=1S/C10H21N3/c1-12(2)5-6-13-7-10(11,8-13)9-3-4-9/h9H,3-8,11H2,1-2H3. The molecule has 1 saturated heterocycles. The molecule has 0 unspecified atom stereocenters. The fraction of sp³-hybridized carbons (Fsp3) is 1.00. The van der Waals surface area contributed by atoms with E-state index in [9.17, 15) is 0 Å². The predicted molar refractivity (Wildman–Crippen MR) is 54.6 cm³/mol. The van der Waals surface area contributed by atoms with Crippen LogP contribution in [-0.2, 0) is 0 Å². The Labute approximate surface area is 80.9 Å². The molecule has 0 atom stereocenters. The van der Waals surface area contributed by atoms with Gasteiger partial charge in [-0.15, -0.1) is 0 Å². The normalized spacial score (nSPS) is 27.7. The Morgan fingerprint density at radius 3 is 2.46 bits per heavy atom. The molecule has 13 heavy (non-hydrogen) atoms. The number of hydrogen-bond donors (Lipinski definition) is 1. The molecule has 0 bridgehead atoms. The molecule has 3 heteroatoms. The first kappa shape index (κ1) is 9.44. The lowest BCUT2D eigenvalue weighted by atomic mass is 9.86. The second-order valence-corrected chi connectivity index (χ2v) is 5.02. The number of rotatable bonds is 4. The quantitative estimate of drug-likeness (QED) is 0.664. The first-order chi connectivity index (χ1) is 6.10. The third kappa shape index (κ3) is 2.03. The lowest BCUT2D eigenvalue weighted by molar-refractivity contribution is 0.0496. The van der Waals surface area contributed by atoms with Gasteiger partial charge in [0.2, 0.25) is 0 Å². The first-order valence-corrected chi connectivity index (χ1v) is 5.26. The molecule has 3 nitrogen and oxygen atoms in total. The molecule has 1 aliphatic carbocycles. The highest BCUT2D eigenvalue weighted by Crippen LogP contribution is 2.42. The summed E-state index contributed by atoms with van der Waals surface area (Å²) in [6.45, 7) is 4.59. The zero-order valence-electron chi connectivity index (χ0n) is 8.79. The van der Waals surface area contributed by atoms with Crippen LogP contribution in [0.15, 0.2) is 0 Å². The van der Waals surface area contributed by atoms with Gasteiger partial charge in [0.15, 0.2) is 0 Å². The molecule has 1 saturated carbocycles. The van der Waals surface area contributed by atoms with E-state index in [4.69, 9.17) is 5.73 Å². The van der Waals surface area contributed by atoms with Crippen LogP contribution in [0.5, 0.6) is 0 Å². The fourth-order valence-electron chi connectivity index (χ4n) is 2.20. The van der Waals surface area contributed by atoms with Gasteiger partial charge in [-0.2, -0.15) is 0 Å². The summed E-state index contributed by atoms with van der Waals surface area (Å²) in [6.07, 6.45) is 2.75. The van der Waals surface area contributed by atoms with E-state index in [1.165, 1.54) is 19.4 Å². The van der Waals surface area contributed by atoms with E-state index < -0.39 is 0 Å². The maximum Gasteiger partial charge on any atom is 0.0440 e. The molecule has 0 spiro atoms. The number of hydrogen-bond acceptors (Lipinski definition) is 3. The minimum atomic E-state index is 0.201. The molecule has 1 heterocycles. The highest BCUT2D eigenvalue weighted by atomic mass is 15.3. The minimum Gasteiger partial charge on any atom is -0.323 e. The number of likely N-dealkylation sites (N-methyl/N-ethyl adjacent to an activating group) is 1. The molecule has 0 amide bonds. The second kappa shape index (κ2) is 3.23. The minimum absolute atomic E-state index is 0.201. The average molecular weight is 183 g/mol. The van der Waals surface area contributed by atoms with Crippen molar-refractivity contribution in [1.29, 1.82) is 0 Å². The number of likely N-dealkylation sites (tertiary alicyclic amines) is 1. The monoisotopic (exact) mass is 183 g/mol. The molecule has 2 fully saturated rings. The molecule has 0 aromatic heterocycles. The molecular formula is C10H21N3. The molecule has 1 aliphatic heterocycles. The van der Waals surface area contributed by atoms with E-state index >= 15 is 0 Å². The number of nitrogens with two attached hydrogens (primary N) is 1. The summed E-state index contributed by atoms with van der Waals surface area (Å²) in [6, 6.07) is 0. The molecule has 0 aromatic carbocycles. The van der Waals surface area contributed by atoms with Gasteiger partial charge in [0.1, 0.15) is 0 Å². The van der Waals surface area contributed by atoms with E-state index in [2.05, 4.69) is 23.9 Å². The van der Waals surface area contributed by atoms with Crippen LogP contribution in [0.4, 0.5) is 0 Å². The Bertz CT molecular complexity index is 181. The topological polar surface area (TPSA) is 32.5 Å². The van der Waals surface area contributed by atoms with Crippen LogP contribution in [0.1, 0.15) is 12.8 Å². The van der Waals surface area contributed by atoms with Crippen LogP contribution in [-0.4, -0.2) is 55.6 Å². The summed E-state index contributed by atoms with van der Waals surface area (Å²) in [4.78, 5) is 4.70. The van der Waals surface area contributed by atoms with Crippen molar-refractivity contribution in [3.63, 3.8) is 0 Å². The van der Waals surface area contributed by atoms with Gasteiger partial charge in [-0.05, 0) is 32.9 Å². The van der Waals surface area contributed by atoms with Crippen molar-refractivity contribution in [2.75, 3.05) is 40.3 Å². The lowest BCUT2D eigenvalue weighted by Crippen LogP contribution is -2.69.